The van der Waals surface area contributed by atoms with E-state index in [1.54, 1.807) is 0 Å². The number of carbonyl (C=O) groups is 3. The van der Waals surface area contributed by atoms with E-state index in [1.165, 1.54) is 4.90 Å². The quantitative estimate of drug-likeness (QED) is 0.783. The summed E-state index contributed by atoms with van der Waals surface area (Å²) >= 11 is 0. The van der Waals surface area contributed by atoms with Gasteiger partial charge in [0.15, 0.2) is 0 Å². The van der Waals surface area contributed by atoms with E-state index in [2.05, 4.69) is 5.32 Å². The van der Waals surface area contributed by atoms with Crippen molar-refractivity contribution < 1.29 is 24.2 Å². The standard InChI is InChI=1S/C19H26N2O5/c1-13(2)11-15(18(23)24)20-17(22)16-9-6-10-21(16)19(25)26-12-14-7-4-3-5-8-14/h3-5,7-8,13,15-16H,6,9-12H2,1-2H3,(H,20,22)(H,23,24)/p-1/t15-,16+/m0/s1. The van der Waals surface area contributed by atoms with Crippen LogP contribution in [0.5, 0.6) is 0 Å². The van der Waals surface area contributed by atoms with Crippen molar-refractivity contribution in [2.24, 2.45) is 5.92 Å². The van der Waals surface area contributed by atoms with Crippen LogP contribution in [0, 0.1) is 5.92 Å². The van der Waals surface area contributed by atoms with Gasteiger partial charge in [0.25, 0.3) is 0 Å². The molecule has 2 atom stereocenters. The molecule has 1 aliphatic heterocycles. The molecule has 1 N–H and O–H groups in total. The number of hydrogen-bond acceptors (Lipinski definition) is 5. The monoisotopic (exact) mass is 361 g/mol. The van der Waals surface area contributed by atoms with E-state index in [0.717, 1.165) is 5.56 Å². The molecule has 7 nitrogen and oxygen atoms in total. The number of benzene rings is 1. The molecule has 1 aliphatic rings. The predicted octanol–water partition coefficient (Wildman–Crippen LogP) is 1.07. The highest BCUT2D eigenvalue weighted by atomic mass is 16.6. The van der Waals surface area contributed by atoms with Crippen molar-refractivity contribution >= 4 is 18.0 Å². The summed E-state index contributed by atoms with van der Waals surface area (Å²) in [4.78, 5) is 37.4. The minimum Gasteiger partial charge on any atom is -0.548 e. The first-order valence-electron chi connectivity index (χ1n) is 8.87. The van der Waals surface area contributed by atoms with E-state index < -0.39 is 30.1 Å². The SMILES string of the molecule is CC(C)C[C@H](NC(=O)[C@H]1CCCN1C(=O)OCc1ccccc1)C(=O)[O-]. The second-order valence-electron chi connectivity index (χ2n) is 6.90. The van der Waals surface area contributed by atoms with Gasteiger partial charge < -0.3 is 20.0 Å². The number of rotatable bonds is 7. The minimum atomic E-state index is -1.32. The maximum absolute atomic E-state index is 12.5. The van der Waals surface area contributed by atoms with E-state index >= 15 is 0 Å². The van der Waals surface area contributed by atoms with Crippen molar-refractivity contribution in [2.45, 2.75) is 51.8 Å². The van der Waals surface area contributed by atoms with Crippen LogP contribution in [0.15, 0.2) is 30.3 Å². The van der Waals surface area contributed by atoms with Crippen LogP contribution in [0.2, 0.25) is 0 Å². The van der Waals surface area contributed by atoms with Crippen LogP contribution in [0.4, 0.5) is 4.79 Å². The Bertz CT molecular complexity index is 632. The van der Waals surface area contributed by atoms with E-state index in [1.807, 2.05) is 44.2 Å². The van der Waals surface area contributed by atoms with Crippen molar-refractivity contribution in [2.75, 3.05) is 6.54 Å². The number of carboxylic acid groups (broad SMARTS) is 1. The molecule has 0 aliphatic carbocycles. The lowest BCUT2D eigenvalue weighted by Crippen LogP contribution is -2.54. The fourth-order valence-corrected chi connectivity index (χ4v) is 3.01. The summed E-state index contributed by atoms with van der Waals surface area (Å²) < 4.78 is 5.29. The van der Waals surface area contributed by atoms with E-state index in [9.17, 15) is 19.5 Å². The number of aliphatic carboxylic acids is 1. The first-order chi connectivity index (χ1) is 12.4. The highest BCUT2D eigenvalue weighted by Gasteiger charge is 2.36. The molecule has 0 saturated carbocycles. The minimum absolute atomic E-state index is 0.0914. The molecule has 0 spiro atoms. The summed E-state index contributed by atoms with van der Waals surface area (Å²) in [6.07, 6.45) is 0.853. The number of ether oxygens (including phenoxy) is 1. The lowest BCUT2D eigenvalue weighted by Gasteiger charge is -2.27. The van der Waals surface area contributed by atoms with Gasteiger partial charge in [0, 0.05) is 6.54 Å². The summed E-state index contributed by atoms with van der Waals surface area (Å²) in [6.45, 7) is 4.27. The zero-order valence-electron chi connectivity index (χ0n) is 15.1. The van der Waals surface area contributed by atoms with Gasteiger partial charge >= 0.3 is 6.09 Å². The van der Waals surface area contributed by atoms with Gasteiger partial charge in [-0.1, -0.05) is 44.2 Å². The van der Waals surface area contributed by atoms with Crippen molar-refractivity contribution in [3.8, 4) is 0 Å². The zero-order valence-corrected chi connectivity index (χ0v) is 15.1. The van der Waals surface area contributed by atoms with Crippen molar-refractivity contribution in [3.63, 3.8) is 0 Å². The molecule has 2 rings (SSSR count). The summed E-state index contributed by atoms with van der Waals surface area (Å²) in [7, 11) is 0. The third-order valence-electron chi connectivity index (χ3n) is 4.30. The van der Waals surface area contributed by atoms with Gasteiger partial charge in [0.2, 0.25) is 5.91 Å². The van der Waals surface area contributed by atoms with Crippen LogP contribution in [-0.2, 0) is 20.9 Å². The Morgan fingerprint density at radius 2 is 1.96 bits per heavy atom. The number of amides is 2. The lowest BCUT2D eigenvalue weighted by molar-refractivity contribution is -0.308. The second-order valence-corrected chi connectivity index (χ2v) is 6.90. The highest BCUT2D eigenvalue weighted by Crippen LogP contribution is 2.19. The molecule has 0 unspecified atom stereocenters. The third-order valence-corrected chi connectivity index (χ3v) is 4.30. The molecule has 1 aromatic carbocycles. The highest BCUT2D eigenvalue weighted by molar-refractivity contribution is 5.89. The molecule has 0 radical (unpaired) electrons. The average Bonchev–Trinajstić information content (AvgIpc) is 3.09. The molecule has 0 aromatic heterocycles. The van der Waals surface area contributed by atoms with Gasteiger partial charge in [-0.05, 0) is 30.7 Å². The van der Waals surface area contributed by atoms with Gasteiger partial charge in [-0.3, -0.25) is 9.69 Å². The Morgan fingerprint density at radius 3 is 2.58 bits per heavy atom. The summed E-state index contributed by atoms with van der Waals surface area (Å²) in [5, 5.41) is 13.7. The molecule has 1 saturated heterocycles. The number of nitrogens with one attached hydrogen (secondary N) is 1. The number of nitrogens with zero attached hydrogens (tertiary/aromatic N) is 1. The molecule has 0 bridgehead atoms. The summed E-state index contributed by atoms with van der Waals surface area (Å²) in [6, 6.07) is 7.48. The van der Waals surface area contributed by atoms with Gasteiger partial charge in [-0.2, -0.15) is 0 Å². The largest absolute Gasteiger partial charge is 0.548 e. The van der Waals surface area contributed by atoms with Gasteiger partial charge in [0.1, 0.15) is 12.6 Å². The Morgan fingerprint density at radius 1 is 1.27 bits per heavy atom. The third kappa shape index (κ3) is 5.47. The summed E-state index contributed by atoms with van der Waals surface area (Å²) in [5.74, 6) is -1.70. The van der Waals surface area contributed by atoms with Crippen LogP contribution in [-0.4, -0.2) is 41.5 Å². The molecule has 142 valence electrons. The van der Waals surface area contributed by atoms with Crippen LogP contribution in [0.25, 0.3) is 0 Å². The lowest BCUT2D eigenvalue weighted by atomic mass is 10.0. The molecule has 1 heterocycles. The number of carboxylic acids is 1. The molecular formula is C19H25N2O5-. The molecule has 26 heavy (non-hydrogen) atoms. The molecule has 1 aromatic rings. The Labute approximate surface area is 153 Å². The molecule has 2 amide bonds. The van der Waals surface area contributed by atoms with E-state index in [4.69, 9.17) is 4.74 Å². The first-order valence-corrected chi connectivity index (χ1v) is 8.87. The van der Waals surface area contributed by atoms with E-state index in [0.29, 0.717) is 19.4 Å². The Kier molecular flexibility index (Phi) is 7.00. The second kappa shape index (κ2) is 9.22. The fourth-order valence-electron chi connectivity index (χ4n) is 3.01. The maximum Gasteiger partial charge on any atom is 0.410 e. The number of likely N-dealkylation sites (tertiary alicyclic amines) is 1. The maximum atomic E-state index is 12.5. The van der Waals surface area contributed by atoms with Crippen LogP contribution in [0.3, 0.4) is 0 Å². The Hall–Kier alpha value is -2.57. The molecular weight excluding hydrogens is 336 g/mol. The zero-order chi connectivity index (χ0) is 19.1. The van der Waals surface area contributed by atoms with Gasteiger partial charge in [-0.25, -0.2) is 4.79 Å². The van der Waals surface area contributed by atoms with Crippen LogP contribution >= 0.6 is 0 Å². The van der Waals surface area contributed by atoms with Gasteiger partial charge in [-0.15, -0.1) is 0 Å². The first kappa shape index (κ1) is 19.8. The predicted molar refractivity (Wildman–Crippen MR) is 92.7 cm³/mol. The van der Waals surface area contributed by atoms with E-state index in [-0.39, 0.29) is 18.9 Å². The molecule has 1 fully saturated rings. The fraction of sp³-hybridized carbons (Fsp3) is 0.526. The number of carbonyl (C=O) groups excluding carboxylic acids is 3. The van der Waals surface area contributed by atoms with Gasteiger partial charge in [0.05, 0.1) is 12.0 Å². The Balaban J connectivity index is 1.94. The normalized spacial score (nSPS) is 17.8. The van der Waals surface area contributed by atoms with Crippen molar-refractivity contribution in [3.05, 3.63) is 35.9 Å². The molecule has 7 heteroatoms. The van der Waals surface area contributed by atoms with Crippen molar-refractivity contribution in [1.29, 1.82) is 0 Å². The average molecular weight is 361 g/mol. The van der Waals surface area contributed by atoms with Crippen molar-refractivity contribution in [1.82, 2.24) is 10.2 Å². The number of hydrogen-bond donors (Lipinski definition) is 1. The topological polar surface area (TPSA) is 98.8 Å². The van der Waals surface area contributed by atoms with Crippen LogP contribution in [0.1, 0.15) is 38.7 Å². The summed E-state index contributed by atoms with van der Waals surface area (Å²) in [5.41, 5.74) is 0.856. The van der Waals surface area contributed by atoms with Crippen LogP contribution < -0.4 is 10.4 Å². The smallest absolute Gasteiger partial charge is 0.410 e.